The van der Waals surface area contributed by atoms with E-state index in [0.717, 1.165) is 47.6 Å². The Morgan fingerprint density at radius 3 is 2.72 bits per heavy atom. The average molecular weight is 517 g/mol. The Morgan fingerprint density at radius 2 is 2.06 bits per heavy atom. The van der Waals surface area contributed by atoms with Crippen LogP contribution in [0.2, 0.25) is 19.6 Å². The Hall–Kier alpha value is -1.71. The number of nitrogens with two attached hydrogens (primary N) is 1. The SMILES string of the molecule is COCCCC[C@@](O)(c1cccc2oc([Si](C)(C)C)cc12)C1CCCN(C(=O)[C@H]2C[C@@H](N)[C@@H](O)C2)C1. The van der Waals surface area contributed by atoms with Crippen LogP contribution in [0.25, 0.3) is 11.0 Å². The van der Waals surface area contributed by atoms with Gasteiger partial charge in [-0.05, 0) is 62.6 Å². The van der Waals surface area contributed by atoms with Gasteiger partial charge in [-0.25, -0.2) is 0 Å². The molecule has 5 atom stereocenters. The number of piperidine rings is 1. The third-order valence-electron chi connectivity index (χ3n) is 8.26. The largest absolute Gasteiger partial charge is 0.466 e. The van der Waals surface area contributed by atoms with Gasteiger partial charge in [-0.3, -0.25) is 4.79 Å². The van der Waals surface area contributed by atoms with Gasteiger partial charge in [0, 0.05) is 50.1 Å². The number of likely N-dealkylation sites (tertiary alicyclic amines) is 1. The first kappa shape index (κ1) is 27.3. The molecule has 200 valence electrons. The van der Waals surface area contributed by atoms with E-state index >= 15 is 0 Å². The number of methoxy groups -OCH3 is 1. The van der Waals surface area contributed by atoms with Crippen LogP contribution in [0.15, 0.2) is 28.7 Å². The molecule has 4 N–H and O–H groups in total. The molecule has 1 aromatic carbocycles. The van der Waals surface area contributed by atoms with E-state index in [1.807, 2.05) is 23.1 Å². The van der Waals surface area contributed by atoms with Crippen molar-refractivity contribution in [2.24, 2.45) is 17.6 Å². The first-order chi connectivity index (χ1) is 17.0. The number of nitrogens with zero attached hydrogens (tertiary/aromatic N) is 1. The molecule has 1 amide bonds. The summed E-state index contributed by atoms with van der Waals surface area (Å²) >= 11 is 0. The van der Waals surface area contributed by atoms with Crippen molar-refractivity contribution in [3.63, 3.8) is 0 Å². The quantitative estimate of drug-likeness (QED) is 0.348. The van der Waals surface area contributed by atoms with Crippen LogP contribution in [0.1, 0.15) is 50.5 Å². The Kier molecular flexibility index (Phi) is 8.31. The summed E-state index contributed by atoms with van der Waals surface area (Å²) in [7, 11) is 0.0263. The van der Waals surface area contributed by atoms with Crippen LogP contribution in [0.3, 0.4) is 0 Å². The molecule has 1 saturated heterocycles. The van der Waals surface area contributed by atoms with E-state index in [1.54, 1.807) is 7.11 Å². The molecule has 7 nitrogen and oxygen atoms in total. The second-order valence-electron chi connectivity index (χ2n) is 12.0. The van der Waals surface area contributed by atoms with Crippen molar-refractivity contribution in [3.05, 3.63) is 29.8 Å². The number of fused-ring (bicyclic) bond motifs is 1. The lowest BCUT2D eigenvalue weighted by atomic mass is 9.73. The van der Waals surface area contributed by atoms with Gasteiger partial charge in [0.1, 0.15) is 13.7 Å². The molecule has 1 aliphatic heterocycles. The second kappa shape index (κ2) is 11.0. The fourth-order valence-corrected chi connectivity index (χ4v) is 7.08. The molecule has 1 saturated carbocycles. The highest BCUT2D eigenvalue weighted by Crippen LogP contribution is 2.43. The van der Waals surface area contributed by atoms with E-state index < -0.39 is 19.8 Å². The number of unbranched alkanes of at least 4 members (excludes halogenated alkanes) is 1. The summed E-state index contributed by atoms with van der Waals surface area (Å²) in [6, 6.07) is 7.80. The fourth-order valence-electron chi connectivity index (χ4n) is 6.08. The molecule has 0 spiro atoms. The van der Waals surface area contributed by atoms with Crippen LogP contribution < -0.4 is 11.1 Å². The average Bonchev–Trinajstić information content (AvgIpc) is 3.44. The lowest BCUT2D eigenvalue weighted by molar-refractivity contribution is -0.141. The van der Waals surface area contributed by atoms with Crippen LogP contribution >= 0.6 is 0 Å². The number of carbonyl (C=O) groups is 1. The number of aliphatic hydroxyl groups excluding tert-OH is 1. The van der Waals surface area contributed by atoms with Gasteiger partial charge in [-0.2, -0.15) is 0 Å². The molecule has 0 bridgehead atoms. The molecule has 0 radical (unpaired) electrons. The van der Waals surface area contributed by atoms with Crippen molar-refractivity contribution in [2.75, 3.05) is 26.8 Å². The van der Waals surface area contributed by atoms with E-state index in [2.05, 4.69) is 25.7 Å². The maximum atomic E-state index is 13.4. The van der Waals surface area contributed by atoms with Gasteiger partial charge in [0.25, 0.3) is 0 Å². The summed E-state index contributed by atoms with van der Waals surface area (Å²) in [6.07, 6.45) is 4.33. The fraction of sp³-hybridized carbons (Fsp3) is 0.679. The van der Waals surface area contributed by atoms with Crippen molar-refractivity contribution in [1.82, 2.24) is 4.90 Å². The van der Waals surface area contributed by atoms with E-state index in [-0.39, 0.29) is 23.8 Å². The van der Waals surface area contributed by atoms with Crippen LogP contribution in [0.4, 0.5) is 0 Å². The van der Waals surface area contributed by atoms with Crippen molar-refractivity contribution >= 4 is 30.3 Å². The molecule has 8 heteroatoms. The predicted molar refractivity (Wildman–Crippen MR) is 145 cm³/mol. The zero-order chi connectivity index (χ0) is 26.1. The molecule has 1 aromatic heterocycles. The smallest absolute Gasteiger partial charge is 0.225 e. The number of rotatable bonds is 9. The summed E-state index contributed by atoms with van der Waals surface area (Å²) in [6.45, 7) is 8.64. The van der Waals surface area contributed by atoms with Crippen molar-refractivity contribution in [2.45, 2.75) is 82.3 Å². The molecule has 4 rings (SSSR count). The van der Waals surface area contributed by atoms with Crippen molar-refractivity contribution in [1.29, 1.82) is 0 Å². The maximum Gasteiger partial charge on any atom is 0.225 e. The minimum Gasteiger partial charge on any atom is -0.466 e. The Bertz CT molecular complexity index is 1040. The minimum atomic E-state index is -1.67. The van der Waals surface area contributed by atoms with Gasteiger partial charge in [0.2, 0.25) is 5.91 Å². The van der Waals surface area contributed by atoms with E-state index in [9.17, 15) is 15.0 Å². The monoisotopic (exact) mass is 516 g/mol. The van der Waals surface area contributed by atoms with Gasteiger partial charge >= 0.3 is 0 Å². The Morgan fingerprint density at radius 1 is 1.28 bits per heavy atom. The second-order valence-corrected chi connectivity index (χ2v) is 17.0. The summed E-state index contributed by atoms with van der Waals surface area (Å²) in [5, 5.41) is 24.6. The highest BCUT2D eigenvalue weighted by atomic mass is 28.3. The third-order valence-corrected chi connectivity index (χ3v) is 9.98. The van der Waals surface area contributed by atoms with Crippen molar-refractivity contribution in [3.8, 4) is 0 Å². The van der Waals surface area contributed by atoms with Crippen LogP contribution in [0, 0.1) is 11.8 Å². The molecule has 2 aromatic rings. The van der Waals surface area contributed by atoms with E-state index in [1.165, 1.54) is 0 Å². The normalized spacial score (nSPS) is 26.9. The summed E-state index contributed by atoms with van der Waals surface area (Å²) in [5.74, 6) is -0.260. The zero-order valence-corrected chi connectivity index (χ0v) is 23.3. The standard InChI is InChI=1S/C28H44N2O5Si/c1-34-14-6-5-12-28(33,22-10-7-11-25-21(22)17-26(35-25)36(2,3)4)20-9-8-13-30(18-20)27(32)19-15-23(29)24(31)16-19/h7,10-11,17,19-20,23-24,31,33H,5-6,8-9,12-16,18,29H2,1-4H3/t19-,20?,23+,24-,28-/m0/s1. The summed E-state index contributed by atoms with van der Waals surface area (Å²) in [4.78, 5) is 15.3. The van der Waals surface area contributed by atoms with Gasteiger partial charge in [0.05, 0.1) is 17.1 Å². The molecule has 2 fully saturated rings. The Balaban J connectivity index is 1.65. The zero-order valence-electron chi connectivity index (χ0n) is 22.3. The lowest BCUT2D eigenvalue weighted by Gasteiger charge is -2.43. The first-order valence-electron chi connectivity index (χ1n) is 13.5. The molecular formula is C28H44N2O5Si. The number of benzene rings is 1. The van der Waals surface area contributed by atoms with E-state index in [4.69, 9.17) is 14.9 Å². The molecule has 36 heavy (non-hydrogen) atoms. The van der Waals surface area contributed by atoms with Crippen LogP contribution in [-0.2, 0) is 15.1 Å². The van der Waals surface area contributed by atoms with Gasteiger partial charge in [-0.15, -0.1) is 0 Å². The number of aliphatic hydroxyl groups is 2. The first-order valence-corrected chi connectivity index (χ1v) is 17.0. The third kappa shape index (κ3) is 5.58. The molecular weight excluding hydrogens is 472 g/mol. The number of hydrogen-bond acceptors (Lipinski definition) is 6. The number of carbonyl (C=O) groups excluding carboxylic acids is 1. The Labute approximate surface area is 216 Å². The van der Waals surface area contributed by atoms with Crippen molar-refractivity contribution < 1.29 is 24.2 Å². The minimum absolute atomic E-state index is 0.0657. The number of hydrogen-bond donors (Lipinski definition) is 3. The number of ether oxygens (including phenoxy) is 1. The molecule has 1 unspecified atom stereocenters. The summed E-state index contributed by atoms with van der Waals surface area (Å²) in [5.41, 5.74) is 6.63. The van der Waals surface area contributed by atoms with Gasteiger partial charge in [-0.1, -0.05) is 31.8 Å². The van der Waals surface area contributed by atoms with Crippen LogP contribution in [0.5, 0.6) is 0 Å². The number of amides is 1. The highest BCUT2D eigenvalue weighted by molar-refractivity contribution is 6.87. The van der Waals surface area contributed by atoms with Gasteiger partial charge < -0.3 is 30.0 Å². The maximum absolute atomic E-state index is 13.4. The topological polar surface area (TPSA) is 109 Å². The van der Waals surface area contributed by atoms with Gasteiger partial charge in [0.15, 0.2) is 0 Å². The number of furan rings is 1. The molecule has 2 aliphatic rings. The summed E-state index contributed by atoms with van der Waals surface area (Å²) < 4.78 is 11.5. The molecule has 1 aliphatic carbocycles. The molecule has 2 heterocycles. The van der Waals surface area contributed by atoms with Crippen LogP contribution in [-0.4, -0.2) is 68.0 Å². The predicted octanol–water partition coefficient (Wildman–Crippen LogP) is 3.32. The van der Waals surface area contributed by atoms with E-state index in [0.29, 0.717) is 39.0 Å². The highest BCUT2D eigenvalue weighted by Gasteiger charge is 2.44. The lowest BCUT2D eigenvalue weighted by Crippen LogP contribution is -2.49.